The summed E-state index contributed by atoms with van der Waals surface area (Å²) in [6.45, 7) is 1.76. The van der Waals surface area contributed by atoms with Crippen LogP contribution in [0.4, 0.5) is 10.5 Å². The number of rotatable bonds is 4. The molecular weight excluding hydrogens is 364 g/mol. The van der Waals surface area contributed by atoms with E-state index in [-0.39, 0.29) is 11.2 Å². The predicted octanol–water partition coefficient (Wildman–Crippen LogP) is 4.28. The molecule has 2 N–H and O–H groups in total. The van der Waals surface area contributed by atoms with Crippen molar-refractivity contribution >= 4 is 45.3 Å². The Bertz CT molecular complexity index is 647. The van der Waals surface area contributed by atoms with Gasteiger partial charge in [0.2, 0.25) is 5.91 Å². The van der Waals surface area contributed by atoms with Crippen LogP contribution < -0.4 is 10.6 Å². The lowest BCUT2D eigenvalue weighted by Crippen LogP contribution is -2.38. The van der Waals surface area contributed by atoms with E-state index in [9.17, 15) is 9.59 Å². The Labute approximate surface area is 141 Å². The fourth-order valence-corrected chi connectivity index (χ4v) is 2.80. The zero-order valence-electron chi connectivity index (χ0n) is 11.9. The number of anilines is 1. The number of hydrogen-bond acceptors (Lipinski definition) is 3. The molecule has 0 aromatic heterocycles. The lowest BCUT2D eigenvalue weighted by molar-refractivity contribution is -0.119. The molecule has 4 nitrogen and oxygen atoms in total. The van der Waals surface area contributed by atoms with E-state index in [4.69, 9.17) is 0 Å². The summed E-state index contributed by atoms with van der Waals surface area (Å²) in [4.78, 5) is 24.7. The minimum atomic E-state index is -0.528. The Kier molecular flexibility index (Phi) is 6.03. The van der Waals surface area contributed by atoms with Crippen LogP contribution in [0.2, 0.25) is 0 Å². The van der Waals surface area contributed by atoms with Crippen molar-refractivity contribution in [3.8, 4) is 0 Å². The number of carbonyl (C=O) groups is 2. The van der Waals surface area contributed by atoms with Gasteiger partial charge in [-0.05, 0) is 43.3 Å². The Morgan fingerprint density at radius 2 is 1.68 bits per heavy atom. The lowest BCUT2D eigenvalue weighted by Gasteiger charge is -2.12. The fourth-order valence-electron chi connectivity index (χ4n) is 1.67. The van der Waals surface area contributed by atoms with Crippen molar-refractivity contribution in [2.45, 2.75) is 17.1 Å². The zero-order valence-corrected chi connectivity index (χ0v) is 14.3. The smallest absolute Gasteiger partial charge is 0.308 e. The number of thioether (sulfide) groups is 1. The molecule has 2 rings (SSSR count). The highest BCUT2D eigenvalue weighted by Crippen LogP contribution is 2.24. The third-order valence-electron chi connectivity index (χ3n) is 2.76. The second kappa shape index (κ2) is 8.00. The van der Waals surface area contributed by atoms with E-state index in [1.807, 2.05) is 42.5 Å². The van der Waals surface area contributed by atoms with Crippen LogP contribution in [0.5, 0.6) is 0 Å². The van der Waals surface area contributed by atoms with Crippen LogP contribution in [0.3, 0.4) is 0 Å². The number of carbonyl (C=O) groups excluding carboxylic acids is 2. The zero-order chi connectivity index (χ0) is 15.9. The van der Waals surface area contributed by atoms with Gasteiger partial charge in [0, 0.05) is 15.1 Å². The summed E-state index contributed by atoms with van der Waals surface area (Å²) in [7, 11) is 0. The minimum Gasteiger partial charge on any atom is -0.308 e. The molecule has 1 atom stereocenters. The van der Waals surface area contributed by atoms with Crippen LogP contribution in [0.15, 0.2) is 64.0 Å². The number of hydrogen-bond donors (Lipinski definition) is 2. The molecule has 0 fully saturated rings. The molecule has 2 aromatic carbocycles. The van der Waals surface area contributed by atoms with Crippen molar-refractivity contribution in [2.24, 2.45) is 0 Å². The third kappa shape index (κ3) is 5.20. The topological polar surface area (TPSA) is 58.2 Å². The molecular formula is C16H15BrN2O2S. The van der Waals surface area contributed by atoms with Gasteiger partial charge in [0.15, 0.2) is 0 Å². The Balaban J connectivity index is 1.85. The molecule has 0 aliphatic carbocycles. The van der Waals surface area contributed by atoms with Gasteiger partial charge >= 0.3 is 6.03 Å². The van der Waals surface area contributed by atoms with E-state index in [1.165, 1.54) is 11.8 Å². The molecule has 3 amide bonds. The van der Waals surface area contributed by atoms with Crippen LogP contribution >= 0.6 is 27.7 Å². The van der Waals surface area contributed by atoms with Crippen molar-refractivity contribution in [1.29, 1.82) is 0 Å². The molecule has 0 radical (unpaired) electrons. The van der Waals surface area contributed by atoms with E-state index in [0.717, 1.165) is 9.37 Å². The first kappa shape index (κ1) is 16.6. The Morgan fingerprint density at radius 1 is 1.05 bits per heavy atom. The lowest BCUT2D eigenvalue weighted by atomic mass is 10.3. The molecule has 6 heteroatoms. The fraction of sp³-hybridized carbons (Fsp3) is 0.125. The number of urea groups is 1. The molecule has 22 heavy (non-hydrogen) atoms. The van der Waals surface area contributed by atoms with Gasteiger partial charge < -0.3 is 5.32 Å². The third-order valence-corrected chi connectivity index (χ3v) is 4.40. The van der Waals surface area contributed by atoms with Crippen LogP contribution in [-0.4, -0.2) is 17.2 Å². The van der Waals surface area contributed by atoms with Gasteiger partial charge in [-0.2, -0.15) is 0 Å². The molecule has 0 unspecified atom stereocenters. The van der Waals surface area contributed by atoms with Crippen molar-refractivity contribution in [2.75, 3.05) is 5.32 Å². The SMILES string of the molecule is C[C@H](Sc1ccc(Br)cc1)C(=O)NC(=O)Nc1ccccc1. The first-order valence-corrected chi connectivity index (χ1v) is 8.31. The van der Waals surface area contributed by atoms with Crippen LogP contribution in [-0.2, 0) is 4.79 Å². The molecule has 0 saturated carbocycles. The molecule has 114 valence electrons. The number of amides is 3. The second-order valence-corrected chi connectivity index (χ2v) is 6.85. The van der Waals surface area contributed by atoms with Crippen LogP contribution in [0.1, 0.15) is 6.92 Å². The second-order valence-electron chi connectivity index (χ2n) is 4.52. The first-order chi connectivity index (χ1) is 10.5. The summed E-state index contributed by atoms with van der Waals surface area (Å²) >= 11 is 4.76. The van der Waals surface area contributed by atoms with Crippen molar-refractivity contribution in [1.82, 2.24) is 5.32 Å². The number of para-hydroxylation sites is 1. The summed E-state index contributed by atoms with van der Waals surface area (Å²) in [5.41, 5.74) is 0.640. The first-order valence-electron chi connectivity index (χ1n) is 6.64. The van der Waals surface area contributed by atoms with Gasteiger partial charge in [-0.3, -0.25) is 10.1 Å². The predicted molar refractivity (Wildman–Crippen MR) is 93.1 cm³/mol. The number of benzene rings is 2. The summed E-state index contributed by atoms with van der Waals surface area (Å²) in [5.74, 6) is -0.332. The van der Waals surface area contributed by atoms with Crippen LogP contribution in [0, 0.1) is 0 Å². The maximum Gasteiger partial charge on any atom is 0.325 e. The van der Waals surface area contributed by atoms with Gasteiger partial charge in [-0.25, -0.2) is 4.79 Å². The van der Waals surface area contributed by atoms with Crippen molar-refractivity contribution < 1.29 is 9.59 Å². The molecule has 0 heterocycles. The molecule has 0 aliphatic rings. The Hall–Kier alpha value is -1.79. The number of halogens is 1. The molecule has 0 aliphatic heterocycles. The number of nitrogens with one attached hydrogen (secondary N) is 2. The maximum absolute atomic E-state index is 12.0. The standard InChI is InChI=1S/C16H15BrN2O2S/c1-11(22-14-9-7-12(17)8-10-14)15(20)19-16(21)18-13-5-3-2-4-6-13/h2-11H,1H3,(H2,18,19,20,21)/t11-/m0/s1. The van der Waals surface area contributed by atoms with E-state index in [2.05, 4.69) is 26.6 Å². The van der Waals surface area contributed by atoms with Gasteiger partial charge in [0.05, 0.1) is 5.25 Å². The normalized spacial score (nSPS) is 11.5. The largest absolute Gasteiger partial charge is 0.325 e. The molecule has 2 aromatic rings. The van der Waals surface area contributed by atoms with E-state index in [1.54, 1.807) is 19.1 Å². The van der Waals surface area contributed by atoms with Gasteiger partial charge in [0.25, 0.3) is 0 Å². The Morgan fingerprint density at radius 3 is 2.32 bits per heavy atom. The van der Waals surface area contributed by atoms with Gasteiger partial charge in [0.1, 0.15) is 0 Å². The van der Waals surface area contributed by atoms with Gasteiger partial charge in [-0.1, -0.05) is 34.1 Å². The summed E-state index contributed by atoms with van der Waals surface area (Å²) in [6, 6.07) is 16.1. The molecule has 0 spiro atoms. The average Bonchev–Trinajstić information content (AvgIpc) is 2.50. The maximum atomic E-state index is 12.0. The molecule has 0 bridgehead atoms. The van der Waals surface area contributed by atoms with E-state index in [0.29, 0.717) is 5.69 Å². The average molecular weight is 379 g/mol. The van der Waals surface area contributed by atoms with E-state index < -0.39 is 6.03 Å². The molecule has 0 saturated heterocycles. The quantitative estimate of drug-likeness (QED) is 0.780. The van der Waals surface area contributed by atoms with E-state index >= 15 is 0 Å². The highest BCUT2D eigenvalue weighted by molar-refractivity contribution is 9.10. The van der Waals surface area contributed by atoms with Crippen molar-refractivity contribution in [3.63, 3.8) is 0 Å². The summed E-state index contributed by atoms with van der Waals surface area (Å²) in [6.07, 6.45) is 0. The highest BCUT2D eigenvalue weighted by Gasteiger charge is 2.17. The summed E-state index contributed by atoms with van der Waals surface area (Å²) < 4.78 is 0.983. The summed E-state index contributed by atoms with van der Waals surface area (Å²) in [5, 5.41) is 4.58. The van der Waals surface area contributed by atoms with Crippen LogP contribution in [0.25, 0.3) is 0 Å². The number of imide groups is 1. The highest BCUT2D eigenvalue weighted by atomic mass is 79.9. The monoisotopic (exact) mass is 378 g/mol. The van der Waals surface area contributed by atoms with Gasteiger partial charge in [-0.15, -0.1) is 11.8 Å². The van der Waals surface area contributed by atoms with Crippen molar-refractivity contribution in [3.05, 3.63) is 59.1 Å². The minimum absolute atomic E-state index is 0.332.